The molecule has 0 atom stereocenters. The standard InChI is InChI=1S/C25H29F3N2O3S2/c1-2-3-4-5-6-7-13-33-23-12-11-18(14-21(23)25(26,27)28)15-24-30-22(17-34-24)19-9-8-10-20(16-19)35(29,31)32/h8-12,14,16-17H,2-7,13,15H2,1H3,(H2,29,31,32). The largest absolute Gasteiger partial charge is 0.493 e. The van der Waals surface area contributed by atoms with Crippen molar-refractivity contribution >= 4 is 21.4 Å². The average Bonchev–Trinajstić information content (AvgIpc) is 3.26. The van der Waals surface area contributed by atoms with Crippen molar-refractivity contribution in [2.45, 2.75) is 62.9 Å². The first-order valence-corrected chi connectivity index (χ1v) is 13.9. The molecule has 0 radical (unpaired) electrons. The van der Waals surface area contributed by atoms with Crippen LogP contribution in [0.4, 0.5) is 13.2 Å². The van der Waals surface area contributed by atoms with Crippen LogP contribution in [0.1, 0.15) is 61.6 Å². The molecule has 35 heavy (non-hydrogen) atoms. The predicted octanol–water partition coefficient (Wildman–Crippen LogP) is 6.81. The quantitative estimate of drug-likeness (QED) is 0.263. The summed E-state index contributed by atoms with van der Waals surface area (Å²) in [6.45, 7) is 2.39. The Bertz CT molecular complexity index is 1220. The van der Waals surface area contributed by atoms with Gasteiger partial charge >= 0.3 is 6.18 Å². The van der Waals surface area contributed by atoms with E-state index >= 15 is 0 Å². The molecule has 1 aromatic heterocycles. The van der Waals surface area contributed by atoms with E-state index in [1.807, 2.05) is 0 Å². The molecule has 0 bridgehead atoms. The number of unbranched alkanes of at least 4 members (excludes halogenated alkanes) is 5. The van der Waals surface area contributed by atoms with Gasteiger partial charge in [-0.25, -0.2) is 18.5 Å². The summed E-state index contributed by atoms with van der Waals surface area (Å²) in [4.78, 5) is 4.44. The van der Waals surface area contributed by atoms with E-state index in [4.69, 9.17) is 9.88 Å². The van der Waals surface area contributed by atoms with Gasteiger partial charge in [-0.3, -0.25) is 0 Å². The second kappa shape index (κ2) is 12.0. The number of sulfonamides is 1. The fraction of sp³-hybridized carbons (Fsp3) is 0.400. The molecule has 0 unspecified atom stereocenters. The lowest BCUT2D eigenvalue weighted by molar-refractivity contribution is -0.139. The highest BCUT2D eigenvalue weighted by atomic mass is 32.2. The molecule has 0 aliphatic carbocycles. The van der Waals surface area contributed by atoms with E-state index in [0.717, 1.165) is 38.2 Å². The van der Waals surface area contributed by atoms with Crippen molar-refractivity contribution in [1.29, 1.82) is 0 Å². The van der Waals surface area contributed by atoms with Gasteiger partial charge in [-0.15, -0.1) is 11.3 Å². The van der Waals surface area contributed by atoms with Gasteiger partial charge in [-0.1, -0.05) is 57.2 Å². The number of ether oxygens (including phenoxy) is 1. The van der Waals surface area contributed by atoms with Gasteiger partial charge in [0.2, 0.25) is 10.0 Å². The van der Waals surface area contributed by atoms with Crippen LogP contribution in [0.2, 0.25) is 0 Å². The van der Waals surface area contributed by atoms with Crippen molar-refractivity contribution in [2.75, 3.05) is 6.61 Å². The predicted molar refractivity (Wildman–Crippen MR) is 132 cm³/mol. The number of hydrogen-bond acceptors (Lipinski definition) is 5. The number of halogens is 3. The molecule has 3 aromatic rings. The smallest absolute Gasteiger partial charge is 0.419 e. The molecule has 0 saturated carbocycles. The fourth-order valence-corrected chi connectivity index (χ4v) is 5.03. The van der Waals surface area contributed by atoms with Gasteiger partial charge in [0.15, 0.2) is 0 Å². The van der Waals surface area contributed by atoms with E-state index in [0.29, 0.717) is 21.8 Å². The average molecular weight is 527 g/mol. The minimum absolute atomic E-state index is 0.0316. The number of benzene rings is 2. The maximum atomic E-state index is 13.7. The highest BCUT2D eigenvalue weighted by molar-refractivity contribution is 7.89. The normalized spacial score (nSPS) is 12.1. The third kappa shape index (κ3) is 8.05. The number of nitrogens with zero attached hydrogens (tertiary/aromatic N) is 1. The molecule has 0 aliphatic rings. The van der Waals surface area contributed by atoms with Crippen LogP contribution >= 0.6 is 11.3 Å². The second-order valence-corrected chi connectivity index (χ2v) is 10.8. The number of thiazole rings is 1. The molecule has 2 N–H and O–H groups in total. The Kier molecular flexibility index (Phi) is 9.32. The monoisotopic (exact) mass is 526 g/mol. The zero-order valence-electron chi connectivity index (χ0n) is 19.5. The minimum Gasteiger partial charge on any atom is -0.493 e. The molecule has 5 nitrogen and oxygen atoms in total. The van der Waals surface area contributed by atoms with E-state index in [2.05, 4.69) is 11.9 Å². The molecule has 0 fully saturated rings. The van der Waals surface area contributed by atoms with Crippen LogP contribution in [0.5, 0.6) is 5.75 Å². The van der Waals surface area contributed by atoms with Crippen molar-refractivity contribution in [3.05, 3.63) is 64.0 Å². The van der Waals surface area contributed by atoms with E-state index in [1.165, 1.54) is 36.0 Å². The maximum Gasteiger partial charge on any atom is 0.419 e. The summed E-state index contributed by atoms with van der Waals surface area (Å²) in [5, 5.41) is 7.53. The first-order valence-electron chi connectivity index (χ1n) is 11.5. The third-order valence-electron chi connectivity index (χ3n) is 5.47. The van der Waals surface area contributed by atoms with Crippen LogP contribution in [0.3, 0.4) is 0 Å². The van der Waals surface area contributed by atoms with Gasteiger partial charge in [0, 0.05) is 17.4 Å². The molecular formula is C25H29F3N2O3S2. The lowest BCUT2D eigenvalue weighted by Crippen LogP contribution is -2.11. The first kappa shape index (κ1) is 27.2. The Morgan fingerprint density at radius 2 is 1.77 bits per heavy atom. The van der Waals surface area contributed by atoms with Crippen LogP contribution in [-0.2, 0) is 22.6 Å². The molecule has 1 heterocycles. The van der Waals surface area contributed by atoms with Crippen LogP contribution < -0.4 is 9.88 Å². The maximum absolute atomic E-state index is 13.7. The van der Waals surface area contributed by atoms with Crippen molar-refractivity contribution in [3.8, 4) is 17.0 Å². The number of alkyl halides is 3. The zero-order valence-corrected chi connectivity index (χ0v) is 21.1. The van der Waals surface area contributed by atoms with Gasteiger partial charge in [-0.2, -0.15) is 13.2 Å². The summed E-state index contributed by atoms with van der Waals surface area (Å²) in [5.74, 6) is -0.158. The number of primary sulfonamides is 1. The fourth-order valence-electron chi connectivity index (χ4n) is 3.63. The third-order valence-corrected chi connectivity index (χ3v) is 7.23. The summed E-state index contributed by atoms with van der Waals surface area (Å²) in [6.07, 6.45) is 1.84. The van der Waals surface area contributed by atoms with Crippen molar-refractivity contribution < 1.29 is 26.3 Å². The summed E-state index contributed by atoms with van der Waals surface area (Å²) in [5.41, 5.74) is 0.765. The van der Waals surface area contributed by atoms with E-state index < -0.39 is 21.8 Å². The van der Waals surface area contributed by atoms with Gasteiger partial charge in [0.05, 0.1) is 27.8 Å². The summed E-state index contributed by atoms with van der Waals surface area (Å²) in [6, 6.07) is 10.2. The zero-order chi connectivity index (χ0) is 25.5. The highest BCUT2D eigenvalue weighted by Gasteiger charge is 2.34. The highest BCUT2D eigenvalue weighted by Crippen LogP contribution is 2.37. The van der Waals surface area contributed by atoms with Gasteiger partial charge in [0.1, 0.15) is 5.75 Å². The Labute approximate surface area is 208 Å². The molecule has 3 rings (SSSR count). The van der Waals surface area contributed by atoms with Crippen molar-refractivity contribution in [1.82, 2.24) is 4.98 Å². The van der Waals surface area contributed by atoms with Gasteiger partial charge in [-0.05, 0) is 36.2 Å². The molecule has 0 aliphatic heterocycles. The van der Waals surface area contributed by atoms with Crippen LogP contribution in [0.25, 0.3) is 11.3 Å². The summed E-state index contributed by atoms with van der Waals surface area (Å²) >= 11 is 1.29. The topological polar surface area (TPSA) is 82.3 Å². The SMILES string of the molecule is CCCCCCCCOc1ccc(Cc2nc(-c3cccc(S(N)(=O)=O)c3)cs2)cc1C(F)(F)F. The molecule has 2 aromatic carbocycles. The molecular weight excluding hydrogens is 497 g/mol. The summed E-state index contributed by atoms with van der Waals surface area (Å²) < 4.78 is 69.7. The molecule has 0 amide bonds. The summed E-state index contributed by atoms with van der Waals surface area (Å²) in [7, 11) is -3.85. The molecule has 10 heteroatoms. The van der Waals surface area contributed by atoms with Crippen LogP contribution in [-0.4, -0.2) is 20.0 Å². The number of nitrogens with two attached hydrogens (primary N) is 1. The van der Waals surface area contributed by atoms with E-state index in [1.54, 1.807) is 23.6 Å². The van der Waals surface area contributed by atoms with E-state index in [9.17, 15) is 21.6 Å². The Morgan fingerprint density at radius 1 is 1.03 bits per heavy atom. The lowest BCUT2D eigenvalue weighted by atomic mass is 10.1. The van der Waals surface area contributed by atoms with Crippen molar-refractivity contribution in [3.63, 3.8) is 0 Å². The number of rotatable bonds is 12. The Morgan fingerprint density at radius 3 is 2.49 bits per heavy atom. The lowest BCUT2D eigenvalue weighted by Gasteiger charge is -2.15. The number of hydrogen-bond donors (Lipinski definition) is 1. The molecule has 190 valence electrons. The van der Waals surface area contributed by atoms with Crippen LogP contribution in [0, 0.1) is 0 Å². The van der Waals surface area contributed by atoms with Gasteiger partial charge in [0.25, 0.3) is 0 Å². The first-order chi connectivity index (χ1) is 16.6. The Balaban J connectivity index is 1.69. The second-order valence-electron chi connectivity index (χ2n) is 8.32. The molecule has 0 saturated heterocycles. The number of aromatic nitrogens is 1. The Hall–Kier alpha value is -2.43. The minimum atomic E-state index is -4.53. The molecule has 0 spiro atoms. The van der Waals surface area contributed by atoms with E-state index in [-0.39, 0.29) is 23.7 Å². The van der Waals surface area contributed by atoms with Crippen LogP contribution in [0.15, 0.2) is 52.7 Å². The van der Waals surface area contributed by atoms with Gasteiger partial charge < -0.3 is 4.74 Å². The van der Waals surface area contributed by atoms with Crippen molar-refractivity contribution in [2.24, 2.45) is 5.14 Å².